The smallest absolute Gasteiger partial charge is 0.355 e. The molecule has 0 bridgehead atoms. The summed E-state index contributed by atoms with van der Waals surface area (Å²) < 4.78 is 5.23. The van der Waals surface area contributed by atoms with Crippen molar-refractivity contribution < 1.29 is 23.9 Å². The van der Waals surface area contributed by atoms with Crippen LogP contribution in [-0.2, 0) is 23.9 Å². The Morgan fingerprint density at radius 3 is 2.47 bits per heavy atom. The summed E-state index contributed by atoms with van der Waals surface area (Å²) in [5.41, 5.74) is 0.448. The first-order valence-corrected chi connectivity index (χ1v) is 10.1. The van der Waals surface area contributed by atoms with Crippen molar-refractivity contribution >= 4 is 46.5 Å². The topological polar surface area (TPSA) is 108 Å². The highest BCUT2D eigenvalue weighted by Gasteiger charge is 2.43. The molecule has 0 atom stereocenters. The zero-order chi connectivity index (χ0) is 22.9. The predicted octanol–water partition coefficient (Wildman–Crippen LogP) is 2.48. The van der Waals surface area contributed by atoms with Crippen LogP contribution in [0.15, 0.2) is 59.7 Å². The molecule has 2 aliphatic rings. The Balaban J connectivity index is 1.50. The van der Waals surface area contributed by atoms with Crippen LogP contribution in [0.1, 0.15) is 26.7 Å². The van der Waals surface area contributed by atoms with Crippen LogP contribution in [0.5, 0.6) is 0 Å². The molecule has 0 unspecified atom stereocenters. The first-order chi connectivity index (χ1) is 15.3. The lowest BCUT2D eigenvalue weighted by atomic mass is 9.96. The van der Waals surface area contributed by atoms with Crippen molar-refractivity contribution in [3.05, 3.63) is 54.6 Å². The van der Waals surface area contributed by atoms with Crippen molar-refractivity contribution in [1.82, 2.24) is 0 Å². The largest absolute Gasteiger partial charge is 0.451 e. The number of esters is 1. The summed E-state index contributed by atoms with van der Waals surface area (Å²) in [6.45, 7) is 2.67. The predicted molar refractivity (Wildman–Crippen MR) is 118 cm³/mol. The van der Waals surface area contributed by atoms with Crippen LogP contribution in [0.2, 0.25) is 0 Å². The van der Waals surface area contributed by atoms with Gasteiger partial charge in [0.1, 0.15) is 11.3 Å². The zero-order valence-electron chi connectivity index (χ0n) is 17.7. The van der Waals surface area contributed by atoms with Gasteiger partial charge in [-0.3, -0.25) is 19.3 Å². The Labute approximate surface area is 184 Å². The lowest BCUT2D eigenvalue weighted by molar-refractivity contribution is -0.142. The molecule has 2 aromatic rings. The molecule has 0 aromatic heterocycles. The number of hydrazone groups is 1. The lowest BCUT2D eigenvalue weighted by Crippen LogP contribution is -2.59. The van der Waals surface area contributed by atoms with Gasteiger partial charge in [0.15, 0.2) is 6.61 Å². The molecule has 9 heteroatoms. The SMILES string of the molecule is CC1(C)C(=O)Nc2ccccc2N1C(=O)COC(=O)C1=NN(c2ccccc2)C(=O)CC1. The fourth-order valence-corrected chi connectivity index (χ4v) is 3.65. The van der Waals surface area contributed by atoms with Crippen molar-refractivity contribution in [3.8, 4) is 0 Å². The fraction of sp³-hybridized carbons (Fsp3) is 0.261. The normalized spacial score (nSPS) is 17.2. The second-order valence-electron chi connectivity index (χ2n) is 7.92. The fourth-order valence-electron chi connectivity index (χ4n) is 3.65. The Bertz CT molecular complexity index is 1130. The van der Waals surface area contributed by atoms with Gasteiger partial charge in [-0.1, -0.05) is 30.3 Å². The third-order valence-corrected chi connectivity index (χ3v) is 5.35. The number of carbonyl (C=O) groups excluding carboxylic acids is 4. The summed E-state index contributed by atoms with van der Waals surface area (Å²) >= 11 is 0. The summed E-state index contributed by atoms with van der Waals surface area (Å²) in [5, 5.41) is 8.08. The molecule has 0 fully saturated rings. The average Bonchev–Trinajstić information content (AvgIpc) is 2.79. The first-order valence-electron chi connectivity index (χ1n) is 10.1. The minimum atomic E-state index is -1.17. The first kappa shape index (κ1) is 21.2. The monoisotopic (exact) mass is 434 g/mol. The van der Waals surface area contributed by atoms with Gasteiger partial charge in [-0.15, -0.1) is 0 Å². The Kier molecular flexibility index (Phi) is 5.48. The maximum absolute atomic E-state index is 13.0. The molecule has 0 saturated heterocycles. The number of anilines is 3. The highest BCUT2D eigenvalue weighted by atomic mass is 16.5. The number of hydrogen-bond donors (Lipinski definition) is 1. The summed E-state index contributed by atoms with van der Waals surface area (Å²) in [7, 11) is 0. The number of carbonyl (C=O) groups is 4. The van der Waals surface area contributed by atoms with Crippen molar-refractivity contribution in [2.75, 3.05) is 21.8 Å². The van der Waals surface area contributed by atoms with Crippen LogP contribution >= 0.6 is 0 Å². The van der Waals surface area contributed by atoms with Crippen LogP contribution in [0.25, 0.3) is 0 Å². The number of hydrogen-bond acceptors (Lipinski definition) is 6. The van der Waals surface area contributed by atoms with E-state index in [9.17, 15) is 19.2 Å². The van der Waals surface area contributed by atoms with Gasteiger partial charge in [0.25, 0.3) is 5.91 Å². The Morgan fingerprint density at radius 1 is 1.03 bits per heavy atom. The highest BCUT2D eigenvalue weighted by Crippen LogP contribution is 2.36. The van der Waals surface area contributed by atoms with Crippen molar-refractivity contribution in [3.63, 3.8) is 0 Å². The number of ether oxygens (including phenoxy) is 1. The molecule has 0 spiro atoms. The van der Waals surface area contributed by atoms with E-state index in [4.69, 9.17) is 4.74 Å². The van der Waals surface area contributed by atoms with E-state index in [0.29, 0.717) is 17.1 Å². The van der Waals surface area contributed by atoms with E-state index in [2.05, 4.69) is 10.4 Å². The second-order valence-corrected chi connectivity index (χ2v) is 7.92. The number of amides is 3. The lowest BCUT2D eigenvalue weighted by Gasteiger charge is -2.41. The third kappa shape index (κ3) is 3.84. The van der Waals surface area contributed by atoms with Crippen LogP contribution in [0, 0.1) is 0 Å². The number of benzene rings is 2. The summed E-state index contributed by atoms with van der Waals surface area (Å²) in [5.74, 6) is -1.90. The van der Waals surface area contributed by atoms with Gasteiger partial charge in [0.2, 0.25) is 11.8 Å². The minimum absolute atomic E-state index is 0.0531. The summed E-state index contributed by atoms with van der Waals surface area (Å²) in [6.07, 6.45) is 0.221. The summed E-state index contributed by atoms with van der Waals surface area (Å²) in [6, 6.07) is 15.7. The van der Waals surface area contributed by atoms with E-state index in [-0.39, 0.29) is 30.4 Å². The number of nitrogens with zero attached hydrogens (tertiary/aromatic N) is 3. The van der Waals surface area contributed by atoms with Crippen molar-refractivity contribution in [2.24, 2.45) is 5.10 Å². The third-order valence-electron chi connectivity index (χ3n) is 5.35. The maximum atomic E-state index is 13.0. The molecule has 3 amide bonds. The van der Waals surface area contributed by atoms with E-state index in [0.717, 1.165) is 5.01 Å². The van der Waals surface area contributed by atoms with E-state index in [1.165, 1.54) is 4.90 Å². The highest BCUT2D eigenvalue weighted by molar-refractivity contribution is 6.38. The van der Waals surface area contributed by atoms with E-state index < -0.39 is 24.0 Å². The van der Waals surface area contributed by atoms with Gasteiger partial charge in [-0.25, -0.2) is 9.80 Å². The van der Waals surface area contributed by atoms with Crippen LogP contribution < -0.4 is 15.2 Å². The average molecular weight is 434 g/mol. The molecule has 164 valence electrons. The zero-order valence-corrected chi connectivity index (χ0v) is 17.7. The Morgan fingerprint density at radius 2 is 1.72 bits per heavy atom. The van der Waals surface area contributed by atoms with Crippen LogP contribution in [0.3, 0.4) is 0 Å². The van der Waals surface area contributed by atoms with Crippen LogP contribution in [-0.4, -0.2) is 41.5 Å². The molecular formula is C23H22N4O5. The molecule has 0 aliphatic carbocycles. The van der Waals surface area contributed by atoms with Crippen molar-refractivity contribution in [2.45, 2.75) is 32.2 Å². The van der Waals surface area contributed by atoms with Gasteiger partial charge in [-0.2, -0.15) is 5.10 Å². The second kappa shape index (κ2) is 8.26. The molecular weight excluding hydrogens is 412 g/mol. The number of para-hydroxylation sites is 3. The summed E-state index contributed by atoms with van der Waals surface area (Å²) in [4.78, 5) is 51.7. The molecule has 2 heterocycles. The number of nitrogens with one attached hydrogen (secondary N) is 1. The van der Waals surface area contributed by atoms with Gasteiger partial charge in [-0.05, 0) is 38.1 Å². The standard InChI is InChI=1S/C23H22N4O5/c1-23(2)22(31)24-16-10-6-7-11-18(16)26(23)20(29)14-32-21(30)17-12-13-19(28)27(25-17)15-8-4-3-5-9-15/h3-11H,12-14H2,1-2H3,(H,24,31). The van der Waals surface area contributed by atoms with Crippen molar-refractivity contribution in [1.29, 1.82) is 0 Å². The molecule has 32 heavy (non-hydrogen) atoms. The molecule has 2 aromatic carbocycles. The van der Waals surface area contributed by atoms with Gasteiger partial charge in [0, 0.05) is 12.8 Å². The molecule has 0 radical (unpaired) electrons. The van der Waals surface area contributed by atoms with E-state index in [1.54, 1.807) is 62.4 Å². The molecule has 1 N–H and O–H groups in total. The molecule has 9 nitrogen and oxygen atoms in total. The van der Waals surface area contributed by atoms with Gasteiger partial charge in [0.05, 0.1) is 17.1 Å². The number of rotatable bonds is 4. The molecule has 4 rings (SSSR count). The minimum Gasteiger partial charge on any atom is -0.451 e. The van der Waals surface area contributed by atoms with E-state index >= 15 is 0 Å². The van der Waals surface area contributed by atoms with Gasteiger partial charge >= 0.3 is 5.97 Å². The Hall–Kier alpha value is -4.01. The van der Waals surface area contributed by atoms with Gasteiger partial charge < -0.3 is 10.1 Å². The molecule has 0 saturated carbocycles. The molecule has 2 aliphatic heterocycles. The van der Waals surface area contributed by atoms with E-state index in [1.807, 2.05) is 6.07 Å². The maximum Gasteiger partial charge on any atom is 0.355 e. The van der Waals surface area contributed by atoms with Crippen LogP contribution in [0.4, 0.5) is 17.1 Å². The quantitative estimate of drug-likeness (QED) is 0.744. The number of fused-ring (bicyclic) bond motifs is 1.